The number of pyridine rings is 8. The number of ketones is 1. The Bertz CT molecular complexity index is 4970. The van der Waals surface area contributed by atoms with Crippen molar-refractivity contribution in [1.82, 2.24) is 84.5 Å². The van der Waals surface area contributed by atoms with Crippen LogP contribution < -0.4 is 60.3 Å². The largest absolute Gasteiger partial charge is 0.384 e. The van der Waals surface area contributed by atoms with Crippen molar-refractivity contribution in [2.24, 2.45) is 5.73 Å². The highest BCUT2D eigenvalue weighted by Crippen LogP contribution is 2.36. The molecule has 3 aliphatic rings. The Morgan fingerprint density at radius 1 is 0.460 bits per heavy atom. The predicted molar refractivity (Wildman–Crippen MR) is 378 cm³/mol. The molecule has 14 heterocycles. The van der Waals surface area contributed by atoms with Gasteiger partial charge in [0.25, 0.3) is 45.9 Å². The summed E-state index contributed by atoms with van der Waals surface area (Å²) >= 11 is 30.4. The highest BCUT2D eigenvalue weighted by molar-refractivity contribution is 9.10. The van der Waals surface area contributed by atoms with Gasteiger partial charge in [-0.3, -0.25) is 76.8 Å². The van der Waals surface area contributed by atoms with Crippen LogP contribution in [0.2, 0.25) is 20.1 Å². The highest BCUT2D eigenvalue weighted by Gasteiger charge is 2.46. The lowest BCUT2D eigenvalue weighted by Crippen LogP contribution is -2.46. The minimum Gasteiger partial charge on any atom is -0.384 e. The molecule has 0 saturated heterocycles. The average Bonchev–Trinajstić information content (AvgIpc) is 1.58. The first-order valence-electron chi connectivity index (χ1n) is 28.8. The number of anilines is 5. The molecular formula is C64H51Br2Cl4N21O9. The van der Waals surface area contributed by atoms with Gasteiger partial charge < -0.3 is 43.0 Å². The van der Waals surface area contributed by atoms with Crippen molar-refractivity contribution in [3.63, 3.8) is 0 Å². The monoisotopic (exact) mass is 1560 g/mol. The molecule has 508 valence electrons. The van der Waals surface area contributed by atoms with E-state index in [1.54, 1.807) is 156 Å². The number of nitrogens with zero attached hydrogens (tertiary/aromatic N) is 13. The number of carbonyl (C=O) groups is 5. The minimum absolute atomic E-state index is 0.0788. The number of hydrogen-bond donors (Lipinski definition) is 8. The number of rotatable bonds is 9. The summed E-state index contributed by atoms with van der Waals surface area (Å²) in [5.74, 6) is -0.496. The van der Waals surface area contributed by atoms with Crippen molar-refractivity contribution in [2.45, 2.75) is 44.7 Å². The van der Waals surface area contributed by atoms with E-state index in [-0.39, 0.29) is 76.0 Å². The Morgan fingerprint density at radius 3 is 1.12 bits per heavy atom. The molecule has 4 amide bonds. The van der Waals surface area contributed by atoms with Crippen LogP contribution in [0.1, 0.15) is 96.7 Å². The lowest BCUT2D eigenvalue weighted by molar-refractivity contribution is 0.0932. The van der Waals surface area contributed by atoms with Crippen LogP contribution in [0.25, 0.3) is 0 Å². The van der Waals surface area contributed by atoms with Crippen LogP contribution in [-0.4, -0.2) is 97.9 Å². The number of nitrogens with two attached hydrogens (primary N) is 2. The van der Waals surface area contributed by atoms with Crippen molar-refractivity contribution >= 4 is 137 Å². The Morgan fingerprint density at radius 2 is 0.800 bits per heavy atom. The summed E-state index contributed by atoms with van der Waals surface area (Å²) in [7, 11) is 0. The number of fused-ring (bicyclic) bond motifs is 3. The van der Waals surface area contributed by atoms with Gasteiger partial charge in [-0.05, 0) is 151 Å². The summed E-state index contributed by atoms with van der Waals surface area (Å²) in [6.45, 7) is 6.77. The minimum atomic E-state index is -1.08. The van der Waals surface area contributed by atoms with Crippen molar-refractivity contribution in [2.75, 3.05) is 16.4 Å². The number of H-pyrrole nitrogens is 1. The molecule has 3 unspecified atom stereocenters. The standard InChI is InChI=1S/2C17H13ClN6O2.C13H9BrClN3O2.C7H7NO.C6H4BrClN2O2.C4H5N3/c2*1-17(10-2-5-19-6-3-10)23-15(25)14-11(18)8-12(16(26)24(14)17)22-13-4-7-20-9-21-13;1-13(7-2-4-16-5-3-7)17-11(19)10-9(15)6-8(14)12(20)18(10)13;1-6(9)7-2-4-8-5-3-7;7-2-1-3(8)4(5(9)11)10-6(2)12;5-4-1-2-6-3-7-4/h2*2-9H,1H3,(H,23,25)(H,20,21,22);2-6H,1H3,(H,17,19);2-5H,1H3;1H,(H2,9,11)(H,10,12);1-3H,(H2,5,6,7). The number of primary amides is 1. The summed E-state index contributed by atoms with van der Waals surface area (Å²) in [5, 5.41) is 15.0. The van der Waals surface area contributed by atoms with E-state index in [1.165, 1.54) is 63.9 Å². The van der Waals surface area contributed by atoms with E-state index in [0.29, 0.717) is 38.6 Å². The Labute approximate surface area is 601 Å². The number of Topliss-reactive ketones (excluding diaryl/α,β-unsaturated/α-hetero) is 1. The molecule has 0 fully saturated rings. The van der Waals surface area contributed by atoms with Crippen LogP contribution in [0.5, 0.6) is 0 Å². The van der Waals surface area contributed by atoms with Crippen LogP contribution in [-0.2, 0) is 17.0 Å². The summed E-state index contributed by atoms with van der Waals surface area (Å²) < 4.78 is 4.66. The van der Waals surface area contributed by atoms with Gasteiger partial charge in [0.15, 0.2) is 5.78 Å². The lowest BCUT2D eigenvalue weighted by atomic mass is 10.0. The maximum atomic E-state index is 13.1. The fourth-order valence-electron chi connectivity index (χ4n) is 10.0. The normalized spacial score (nSPS) is 16.2. The van der Waals surface area contributed by atoms with Crippen LogP contribution in [0.3, 0.4) is 0 Å². The topological polar surface area (TPSA) is 425 Å². The molecule has 0 radical (unpaired) electrons. The number of nitrogens with one attached hydrogen (secondary N) is 6. The van der Waals surface area contributed by atoms with Gasteiger partial charge >= 0.3 is 0 Å². The molecule has 11 aromatic rings. The molecular weight excluding hydrogens is 1510 g/mol. The van der Waals surface area contributed by atoms with E-state index >= 15 is 0 Å². The van der Waals surface area contributed by atoms with Crippen LogP contribution >= 0.6 is 78.3 Å². The van der Waals surface area contributed by atoms with Gasteiger partial charge in [0, 0.05) is 90.4 Å². The van der Waals surface area contributed by atoms with E-state index in [0.717, 1.165) is 5.56 Å². The van der Waals surface area contributed by atoms with Crippen molar-refractivity contribution in [1.29, 1.82) is 0 Å². The quantitative estimate of drug-likeness (QED) is 0.0632. The first-order valence-corrected chi connectivity index (χ1v) is 31.9. The van der Waals surface area contributed by atoms with Crippen LogP contribution in [0, 0.1) is 0 Å². The van der Waals surface area contributed by atoms with Crippen molar-refractivity contribution in [3.8, 4) is 0 Å². The molecule has 3 aliphatic heterocycles. The molecule has 30 nitrogen and oxygen atoms in total. The van der Waals surface area contributed by atoms with Crippen molar-refractivity contribution in [3.05, 3.63) is 294 Å². The highest BCUT2D eigenvalue weighted by atomic mass is 79.9. The second-order valence-corrected chi connectivity index (χ2v) is 24.6. The second kappa shape index (κ2) is 31.5. The second-order valence-electron chi connectivity index (χ2n) is 21.3. The Hall–Kier alpha value is -11.3. The number of aromatic amines is 1. The zero-order valence-corrected chi connectivity index (χ0v) is 58.3. The first kappa shape index (κ1) is 73.0. The molecule has 0 spiro atoms. The third kappa shape index (κ3) is 16.0. The SMILES string of the molecule is CC(=O)c1ccncc1.CC1(c2ccncc2)NC(=O)c2c(Cl)cc(Br)c(=O)n21.CC1(c2ccncc2)NC(=O)c2c(Cl)cc(Nc3ccncn3)c(=O)n21.CC1(c2ccncc2)NC(=O)c2c(Cl)cc(Nc3ccncn3)c(=O)n21.NC(=O)c1[nH]c(=O)c(Br)cc1Cl.Nc1ccncn1. The smallest absolute Gasteiger partial charge is 0.277 e. The summed E-state index contributed by atoms with van der Waals surface area (Å²) in [4.78, 5) is 149. The number of halogens is 6. The van der Waals surface area contributed by atoms with E-state index < -0.39 is 51.4 Å². The van der Waals surface area contributed by atoms with E-state index in [1.807, 2.05) is 0 Å². The molecule has 100 heavy (non-hydrogen) atoms. The van der Waals surface area contributed by atoms with Crippen LogP contribution in [0.15, 0.2) is 206 Å². The van der Waals surface area contributed by atoms with Crippen molar-refractivity contribution < 1.29 is 24.0 Å². The zero-order valence-electron chi connectivity index (χ0n) is 52.2. The maximum absolute atomic E-state index is 13.1. The molecule has 0 aliphatic carbocycles. The number of carbonyl (C=O) groups excluding carboxylic acids is 5. The van der Waals surface area contributed by atoms with E-state index in [4.69, 9.17) is 57.9 Å². The Kier molecular flexibility index (Phi) is 23.0. The van der Waals surface area contributed by atoms with Gasteiger partial charge in [-0.2, -0.15) is 0 Å². The molecule has 3 atom stereocenters. The fourth-order valence-corrected chi connectivity index (χ4v) is 12.1. The third-order valence-electron chi connectivity index (χ3n) is 14.8. The summed E-state index contributed by atoms with van der Waals surface area (Å²) in [5.41, 5.74) is 9.01. The van der Waals surface area contributed by atoms with E-state index in [2.05, 4.69) is 113 Å². The number of aromatic nitrogens is 14. The molecule has 0 saturated carbocycles. The molecule has 14 rings (SSSR count). The van der Waals surface area contributed by atoms with Gasteiger partial charge in [-0.25, -0.2) is 29.9 Å². The van der Waals surface area contributed by atoms with Gasteiger partial charge in [-0.15, -0.1) is 0 Å². The molecule has 36 heteroatoms. The number of amides is 4. The number of nitrogen functional groups attached to an aromatic ring is 1. The third-order valence-corrected chi connectivity index (χ3v) is 17.1. The Balaban J connectivity index is 0.000000148. The molecule has 0 aromatic carbocycles. The predicted octanol–water partition coefficient (Wildman–Crippen LogP) is 8.15. The summed E-state index contributed by atoms with van der Waals surface area (Å²) in [6.07, 6.45) is 21.7. The molecule has 11 aromatic heterocycles. The van der Waals surface area contributed by atoms with Gasteiger partial charge in [0.05, 0.1) is 29.0 Å². The van der Waals surface area contributed by atoms with Gasteiger partial charge in [0.1, 0.15) is 87.6 Å². The fraction of sp³-hybridized carbons (Fsp3) is 0.109. The van der Waals surface area contributed by atoms with Crippen LogP contribution in [0.4, 0.5) is 28.8 Å². The average molecular weight is 1560 g/mol. The summed E-state index contributed by atoms with van der Waals surface area (Å²) in [6, 6.07) is 24.3. The lowest BCUT2D eigenvalue weighted by Gasteiger charge is -2.28. The zero-order chi connectivity index (χ0) is 72.2. The maximum Gasteiger partial charge on any atom is 0.277 e. The van der Waals surface area contributed by atoms with Gasteiger partial charge in [-0.1, -0.05) is 46.4 Å². The van der Waals surface area contributed by atoms with Gasteiger partial charge in [0.2, 0.25) is 0 Å². The molecule has 10 N–H and O–H groups in total. The van der Waals surface area contributed by atoms with E-state index in [9.17, 15) is 43.2 Å². The first-order chi connectivity index (χ1) is 47.7. The number of hydrogen-bond acceptors (Lipinski definition) is 22. The molecule has 0 bridgehead atoms.